The van der Waals surface area contributed by atoms with Gasteiger partial charge in [0.15, 0.2) is 6.61 Å². The summed E-state index contributed by atoms with van der Waals surface area (Å²) in [5, 5.41) is 3.70. The monoisotopic (exact) mass is 351 g/mol. The second kappa shape index (κ2) is 7.87. The lowest BCUT2D eigenvalue weighted by Crippen LogP contribution is -2.21. The molecule has 1 atom stereocenters. The smallest absolute Gasteiger partial charge is 0.336 e. The zero-order chi connectivity index (χ0) is 18.5. The number of amides is 1. The van der Waals surface area contributed by atoms with Gasteiger partial charge in [0.25, 0.3) is 5.91 Å². The van der Waals surface area contributed by atoms with Crippen LogP contribution in [0.2, 0.25) is 0 Å². The molecular formula is C21H21NO4. The predicted molar refractivity (Wildman–Crippen MR) is 102 cm³/mol. The molecular weight excluding hydrogens is 330 g/mol. The molecule has 0 aliphatic carbocycles. The molecule has 1 N–H and O–H groups in total. The molecule has 1 heterocycles. The van der Waals surface area contributed by atoms with Crippen LogP contribution in [0.5, 0.6) is 5.75 Å². The number of anilines is 1. The highest BCUT2D eigenvalue weighted by Gasteiger charge is 2.11. The Labute approximate surface area is 151 Å². The number of benzene rings is 2. The number of rotatable bonds is 6. The van der Waals surface area contributed by atoms with Crippen LogP contribution < -0.4 is 15.7 Å². The third-order valence-corrected chi connectivity index (χ3v) is 4.34. The van der Waals surface area contributed by atoms with E-state index >= 15 is 0 Å². The van der Waals surface area contributed by atoms with E-state index in [4.69, 9.17) is 9.15 Å². The van der Waals surface area contributed by atoms with Crippen LogP contribution in [0.3, 0.4) is 0 Å². The van der Waals surface area contributed by atoms with Crippen molar-refractivity contribution in [3.05, 3.63) is 70.6 Å². The highest BCUT2D eigenvalue weighted by Crippen LogP contribution is 2.26. The molecule has 3 aromatic rings. The number of hydrogen-bond acceptors (Lipinski definition) is 4. The van der Waals surface area contributed by atoms with E-state index in [1.807, 2.05) is 24.3 Å². The Morgan fingerprint density at radius 1 is 1.15 bits per heavy atom. The minimum atomic E-state index is -0.422. The van der Waals surface area contributed by atoms with Gasteiger partial charge in [-0.3, -0.25) is 4.79 Å². The van der Waals surface area contributed by atoms with Crippen molar-refractivity contribution in [1.29, 1.82) is 0 Å². The first kappa shape index (κ1) is 17.7. The second-order valence-corrected chi connectivity index (χ2v) is 6.19. The van der Waals surface area contributed by atoms with Gasteiger partial charge in [0.1, 0.15) is 11.3 Å². The fraction of sp³-hybridized carbons (Fsp3) is 0.238. The Kier molecular flexibility index (Phi) is 5.37. The molecule has 0 saturated heterocycles. The summed E-state index contributed by atoms with van der Waals surface area (Å²) in [6, 6.07) is 16.0. The number of hydrogen-bond donors (Lipinski definition) is 1. The normalized spacial score (nSPS) is 11.9. The number of ether oxygens (including phenoxy) is 1. The van der Waals surface area contributed by atoms with Crippen LogP contribution in [0.25, 0.3) is 11.0 Å². The van der Waals surface area contributed by atoms with Crippen LogP contribution in [0.15, 0.2) is 63.8 Å². The standard InChI is InChI=1S/C21H21NO4/c1-3-14(2)17-6-4-5-7-18(17)22-20(23)13-25-16-10-8-15-9-11-21(24)26-19(15)12-16/h4-12,14H,3,13H2,1-2H3,(H,22,23)/t14-/m1/s1. The first-order valence-electron chi connectivity index (χ1n) is 8.62. The molecule has 134 valence electrons. The van der Waals surface area contributed by atoms with Gasteiger partial charge in [-0.2, -0.15) is 0 Å². The Hall–Kier alpha value is -3.08. The minimum Gasteiger partial charge on any atom is -0.484 e. The quantitative estimate of drug-likeness (QED) is 0.671. The lowest BCUT2D eigenvalue weighted by Gasteiger charge is -2.15. The molecule has 3 rings (SSSR count). The van der Waals surface area contributed by atoms with Gasteiger partial charge in [-0.15, -0.1) is 0 Å². The summed E-state index contributed by atoms with van der Waals surface area (Å²) in [6.07, 6.45) is 0.992. The predicted octanol–water partition coefficient (Wildman–Crippen LogP) is 4.32. The molecule has 0 fully saturated rings. The van der Waals surface area contributed by atoms with Gasteiger partial charge < -0.3 is 14.5 Å². The molecule has 2 aromatic carbocycles. The van der Waals surface area contributed by atoms with Crippen LogP contribution >= 0.6 is 0 Å². The summed E-state index contributed by atoms with van der Waals surface area (Å²) < 4.78 is 10.7. The van der Waals surface area contributed by atoms with E-state index in [0.29, 0.717) is 17.3 Å². The van der Waals surface area contributed by atoms with Gasteiger partial charge in [-0.05, 0) is 42.2 Å². The molecule has 0 aliphatic rings. The SMILES string of the molecule is CC[C@@H](C)c1ccccc1NC(=O)COc1ccc2ccc(=O)oc2c1. The number of carbonyl (C=O) groups excluding carboxylic acids is 1. The molecule has 0 spiro atoms. The lowest BCUT2D eigenvalue weighted by atomic mass is 9.97. The van der Waals surface area contributed by atoms with Crippen molar-refractivity contribution in [1.82, 2.24) is 0 Å². The summed E-state index contributed by atoms with van der Waals surface area (Å²) in [7, 11) is 0. The number of para-hydroxylation sites is 1. The maximum Gasteiger partial charge on any atom is 0.336 e. The van der Waals surface area contributed by atoms with Crippen molar-refractivity contribution in [2.24, 2.45) is 0 Å². The summed E-state index contributed by atoms with van der Waals surface area (Å²) in [4.78, 5) is 23.6. The molecule has 5 nitrogen and oxygen atoms in total. The molecule has 0 unspecified atom stereocenters. The maximum atomic E-state index is 12.3. The minimum absolute atomic E-state index is 0.128. The van der Waals surface area contributed by atoms with Gasteiger partial charge in [0, 0.05) is 23.2 Å². The fourth-order valence-corrected chi connectivity index (χ4v) is 2.73. The topological polar surface area (TPSA) is 68.5 Å². The van der Waals surface area contributed by atoms with Crippen LogP contribution in [-0.2, 0) is 4.79 Å². The molecule has 0 bridgehead atoms. The summed E-state index contributed by atoms with van der Waals surface area (Å²) in [5.74, 6) is 0.586. The van der Waals surface area contributed by atoms with Crippen molar-refractivity contribution < 1.29 is 13.9 Å². The largest absolute Gasteiger partial charge is 0.484 e. The average Bonchev–Trinajstić information content (AvgIpc) is 2.65. The lowest BCUT2D eigenvalue weighted by molar-refractivity contribution is -0.118. The van der Waals surface area contributed by atoms with Gasteiger partial charge in [0.2, 0.25) is 0 Å². The molecule has 1 amide bonds. The van der Waals surface area contributed by atoms with E-state index in [1.54, 1.807) is 24.3 Å². The summed E-state index contributed by atoms with van der Waals surface area (Å²) in [6.45, 7) is 4.12. The average molecular weight is 351 g/mol. The van der Waals surface area contributed by atoms with Crippen LogP contribution in [-0.4, -0.2) is 12.5 Å². The first-order valence-corrected chi connectivity index (χ1v) is 8.62. The van der Waals surface area contributed by atoms with Gasteiger partial charge in [0.05, 0.1) is 0 Å². The summed E-state index contributed by atoms with van der Waals surface area (Å²) >= 11 is 0. The van der Waals surface area contributed by atoms with Gasteiger partial charge in [-0.25, -0.2) is 4.79 Å². The Balaban J connectivity index is 1.67. The maximum absolute atomic E-state index is 12.3. The highest BCUT2D eigenvalue weighted by atomic mass is 16.5. The van der Waals surface area contributed by atoms with E-state index in [1.165, 1.54) is 6.07 Å². The van der Waals surface area contributed by atoms with E-state index < -0.39 is 5.63 Å². The Morgan fingerprint density at radius 3 is 2.73 bits per heavy atom. The van der Waals surface area contributed by atoms with Crippen LogP contribution in [0.1, 0.15) is 31.7 Å². The van der Waals surface area contributed by atoms with Crippen molar-refractivity contribution in [3.63, 3.8) is 0 Å². The molecule has 1 aromatic heterocycles. The first-order chi connectivity index (χ1) is 12.6. The molecule has 0 saturated carbocycles. The molecule has 26 heavy (non-hydrogen) atoms. The van der Waals surface area contributed by atoms with Crippen molar-refractivity contribution >= 4 is 22.6 Å². The highest BCUT2D eigenvalue weighted by molar-refractivity contribution is 5.92. The van der Waals surface area contributed by atoms with Crippen molar-refractivity contribution in [3.8, 4) is 5.75 Å². The zero-order valence-electron chi connectivity index (χ0n) is 14.8. The van der Waals surface area contributed by atoms with E-state index in [2.05, 4.69) is 19.2 Å². The van der Waals surface area contributed by atoms with E-state index in [9.17, 15) is 9.59 Å². The van der Waals surface area contributed by atoms with Crippen LogP contribution in [0, 0.1) is 0 Å². The zero-order valence-corrected chi connectivity index (χ0v) is 14.8. The number of nitrogens with one attached hydrogen (secondary N) is 1. The Morgan fingerprint density at radius 2 is 1.92 bits per heavy atom. The Bertz CT molecular complexity index is 977. The molecule has 5 heteroatoms. The second-order valence-electron chi connectivity index (χ2n) is 6.19. The molecule has 0 aliphatic heterocycles. The van der Waals surface area contributed by atoms with E-state index in [0.717, 1.165) is 23.1 Å². The van der Waals surface area contributed by atoms with E-state index in [-0.39, 0.29) is 12.5 Å². The van der Waals surface area contributed by atoms with Crippen LogP contribution in [0.4, 0.5) is 5.69 Å². The number of carbonyl (C=O) groups is 1. The van der Waals surface area contributed by atoms with Gasteiger partial charge in [-0.1, -0.05) is 32.0 Å². The number of fused-ring (bicyclic) bond motifs is 1. The third-order valence-electron chi connectivity index (χ3n) is 4.34. The summed E-state index contributed by atoms with van der Waals surface area (Å²) in [5.41, 5.74) is 1.92. The van der Waals surface area contributed by atoms with Gasteiger partial charge >= 0.3 is 5.63 Å². The molecule has 0 radical (unpaired) electrons. The van der Waals surface area contributed by atoms with Crippen molar-refractivity contribution in [2.75, 3.05) is 11.9 Å². The fourth-order valence-electron chi connectivity index (χ4n) is 2.73. The van der Waals surface area contributed by atoms with Crippen molar-refractivity contribution in [2.45, 2.75) is 26.2 Å². The third kappa shape index (κ3) is 4.11.